The summed E-state index contributed by atoms with van der Waals surface area (Å²) in [5.74, 6) is 0. The molecule has 2 nitrogen and oxygen atoms in total. The van der Waals surface area contributed by atoms with Gasteiger partial charge >= 0.3 is 0 Å². The molecule has 0 atom stereocenters. The fourth-order valence-electron chi connectivity index (χ4n) is 0.911. The number of hydrogen-bond donors (Lipinski definition) is 0. The van der Waals surface area contributed by atoms with Gasteiger partial charge in [-0.05, 0) is 18.4 Å². The molecule has 2 rings (SSSR count). The van der Waals surface area contributed by atoms with Crippen molar-refractivity contribution in [1.29, 1.82) is 0 Å². The Balaban J connectivity index is 0.000000251. The highest BCUT2D eigenvalue weighted by Crippen LogP contribution is 2.19. The zero-order valence-corrected chi connectivity index (χ0v) is 9.06. The van der Waals surface area contributed by atoms with Crippen LogP contribution in [-0.4, -0.2) is 9.97 Å². The number of nitrogens with zero attached hydrogens (tertiary/aromatic N) is 2. The van der Waals surface area contributed by atoms with Crippen molar-refractivity contribution in [3.8, 4) is 0 Å². The van der Waals surface area contributed by atoms with Gasteiger partial charge < -0.3 is 0 Å². The Morgan fingerprint density at radius 2 is 2.00 bits per heavy atom. The van der Waals surface area contributed by atoms with Gasteiger partial charge in [-0.2, -0.15) is 0 Å². The molecule has 0 aliphatic heterocycles. The number of aromatic nitrogens is 2. The van der Waals surface area contributed by atoms with Gasteiger partial charge in [0.15, 0.2) is 0 Å². The maximum Gasteiger partial charge on any atom is 0.116 e. The number of fused-ring (bicyclic) bond motifs is 1. The van der Waals surface area contributed by atoms with E-state index in [1.165, 1.54) is 11.1 Å². The standard InChI is InChI=1S/C7H6N2S.C3H8/c1-5-7-6(2-3-10-7)9-4-8-5;1-3-2/h2-4H,1H3;3H2,1-2H3. The average Bonchev–Trinajstić information content (AvgIpc) is 2.54. The van der Waals surface area contributed by atoms with Crippen LogP contribution in [0.5, 0.6) is 0 Å². The van der Waals surface area contributed by atoms with Crippen molar-refractivity contribution in [2.24, 2.45) is 0 Å². The van der Waals surface area contributed by atoms with E-state index in [9.17, 15) is 0 Å². The van der Waals surface area contributed by atoms with E-state index in [1.807, 2.05) is 18.4 Å². The molecule has 0 saturated carbocycles. The minimum absolute atomic E-state index is 1.05. The van der Waals surface area contributed by atoms with Crippen molar-refractivity contribution >= 4 is 21.6 Å². The molecule has 13 heavy (non-hydrogen) atoms. The Labute approximate surface area is 82.7 Å². The molecule has 0 spiro atoms. The molecule has 0 fully saturated rings. The molecule has 2 heterocycles. The molecule has 0 aromatic carbocycles. The zero-order chi connectivity index (χ0) is 9.68. The molecule has 2 aromatic heterocycles. The van der Waals surface area contributed by atoms with Crippen molar-refractivity contribution in [2.75, 3.05) is 0 Å². The predicted octanol–water partition coefficient (Wildman–Crippen LogP) is 3.42. The SMILES string of the molecule is CCC.Cc1ncnc2ccsc12. The minimum Gasteiger partial charge on any atom is -0.240 e. The Morgan fingerprint density at radius 3 is 2.62 bits per heavy atom. The molecule has 0 aliphatic carbocycles. The van der Waals surface area contributed by atoms with Crippen molar-refractivity contribution in [3.05, 3.63) is 23.5 Å². The van der Waals surface area contributed by atoms with Crippen LogP contribution in [0.15, 0.2) is 17.8 Å². The second-order valence-electron chi connectivity index (χ2n) is 2.80. The quantitative estimate of drug-likeness (QED) is 0.642. The number of thiophene rings is 1. The summed E-state index contributed by atoms with van der Waals surface area (Å²) in [6.07, 6.45) is 2.85. The average molecular weight is 194 g/mol. The molecule has 70 valence electrons. The van der Waals surface area contributed by atoms with E-state index >= 15 is 0 Å². The Morgan fingerprint density at radius 1 is 1.31 bits per heavy atom. The van der Waals surface area contributed by atoms with Crippen LogP contribution in [0, 0.1) is 6.92 Å². The smallest absolute Gasteiger partial charge is 0.116 e. The van der Waals surface area contributed by atoms with Gasteiger partial charge in [-0.1, -0.05) is 20.3 Å². The molecule has 2 aromatic rings. The first-order valence-corrected chi connectivity index (χ1v) is 5.32. The summed E-state index contributed by atoms with van der Waals surface area (Å²) in [5, 5.41) is 2.03. The van der Waals surface area contributed by atoms with Crippen molar-refractivity contribution in [1.82, 2.24) is 9.97 Å². The van der Waals surface area contributed by atoms with E-state index < -0.39 is 0 Å². The summed E-state index contributed by atoms with van der Waals surface area (Å²) in [7, 11) is 0. The summed E-state index contributed by atoms with van der Waals surface area (Å²) >= 11 is 1.69. The summed E-state index contributed by atoms with van der Waals surface area (Å²) in [6, 6.07) is 2.01. The molecule has 0 radical (unpaired) electrons. The summed E-state index contributed by atoms with van der Waals surface area (Å²) in [5.41, 5.74) is 2.12. The maximum absolute atomic E-state index is 4.10. The molecule has 0 unspecified atom stereocenters. The lowest BCUT2D eigenvalue weighted by atomic mass is 10.4. The second kappa shape index (κ2) is 4.92. The van der Waals surface area contributed by atoms with Gasteiger partial charge in [0.05, 0.1) is 15.9 Å². The van der Waals surface area contributed by atoms with Gasteiger partial charge in [0, 0.05) is 0 Å². The van der Waals surface area contributed by atoms with Crippen LogP contribution >= 0.6 is 11.3 Å². The van der Waals surface area contributed by atoms with Crippen LogP contribution in [0.3, 0.4) is 0 Å². The lowest BCUT2D eigenvalue weighted by molar-refractivity contribution is 1.09. The van der Waals surface area contributed by atoms with Crippen LogP contribution in [0.1, 0.15) is 26.0 Å². The van der Waals surface area contributed by atoms with Gasteiger partial charge in [-0.3, -0.25) is 0 Å². The first kappa shape index (κ1) is 10.1. The van der Waals surface area contributed by atoms with Crippen LogP contribution in [0.2, 0.25) is 0 Å². The van der Waals surface area contributed by atoms with Crippen molar-refractivity contribution in [3.63, 3.8) is 0 Å². The molecule has 0 N–H and O–H groups in total. The minimum atomic E-state index is 1.05. The van der Waals surface area contributed by atoms with Gasteiger partial charge in [0.25, 0.3) is 0 Å². The van der Waals surface area contributed by atoms with E-state index in [0.717, 1.165) is 11.2 Å². The van der Waals surface area contributed by atoms with E-state index in [4.69, 9.17) is 0 Å². The van der Waals surface area contributed by atoms with E-state index in [0.29, 0.717) is 0 Å². The third-order valence-electron chi connectivity index (χ3n) is 1.42. The van der Waals surface area contributed by atoms with Gasteiger partial charge in [-0.25, -0.2) is 9.97 Å². The van der Waals surface area contributed by atoms with E-state index in [-0.39, 0.29) is 0 Å². The monoisotopic (exact) mass is 194 g/mol. The lowest BCUT2D eigenvalue weighted by Crippen LogP contribution is -1.80. The van der Waals surface area contributed by atoms with Gasteiger partial charge in [0.1, 0.15) is 6.33 Å². The first-order valence-electron chi connectivity index (χ1n) is 4.44. The fraction of sp³-hybridized carbons (Fsp3) is 0.400. The first-order chi connectivity index (χ1) is 6.29. The normalized spacial score (nSPS) is 9.46. The number of hydrogen-bond acceptors (Lipinski definition) is 3. The molecule has 0 saturated heterocycles. The fourth-order valence-corrected chi connectivity index (χ4v) is 1.71. The van der Waals surface area contributed by atoms with E-state index in [2.05, 4.69) is 23.8 Å². The zero-order valence-electron chi connectivity index (χ0n) is 8.24. The van der Waals surface area contributed by atoms with Crippen LogP contribution in [0.4, 0.5) is 0 Å². The third kappa shape index (κ3) is 2.49. The summed E-state index contributed by atoms with van der Waals surface area (Å²) in [4.78, 5) is 8.18. The highest BCUT2D eigenvalue weighted by Gasteiger charge is 1.97. The molecule has 0 bridgehead atoms. The van der Waals surface area contributed by atoms with Gasteiger partial charge in [-0.15, -0.1) is 11.3 Å². The Kier molecular flexibility index (Phi) is 3.83. The predicted molar refractivity (Wildman–Crippen MR) is 58.1 cm³/mol. The molecular formula is C10H14N2S. The highest BCUT2D eigenvalue weighted by molar-refractivity contribution is 7.17. The van der Waals surface area contributed by atoms with Gasteiger partial charge in [0.2, 0.25) is 0 Å². The topological polar surface area (TPSA) is 25.8 Å². The van der Waals surface area contributed by atoms with Crippen LogP contribution in [0.25, 0.3) is 10.2 Å². The molecular weight excluding hydrogens is 180 g/mol. The Bertz CT molecular complexity index is 368. The van der Waals surface area contributed by atoms with Crippen LogP contribution in [-0.2, 0) is 0 Å². The van der Waals surface area contributed by atoms with Crippen molar-refractivity contribution < 1.29 is 0 Å². The van der Waals surface area contributed by atoms with E-state index in [1.54, 1.807) is 17.7 Å². The number of aryl methyl sites for hydroxylation is 1. The summed E-state index contributed by atoms with van der Waals surface area (Å²) in [6.45, 7) is 6.25. The Hall–Kier alpha value is -0.960. The van der Waals surface area contributed by atoms with Crippen LogP contribution < -0.4 is 0 Å². The largest absolute Gasteiger partial charge is 0.240 e. The third-order valence-corrected chi connectivity index (χ3v) is 2.43. The lowest BCUT2D eigenvalue weighted by Gasteiger charge is -1.89. The number of rotatable bonds is 0. The summed E-state index contributed by atoms with van der Waals surface area (Å²) < 4.78 is 1.20. The molecule has 3 heteroatoms. The van der Waals surface area contributed by atoms with Crippen molar-refractivity contribution in [2.45, 2.75) is 27.2 Å². The molecule has 0 amide bonds. The second-order valence-corrected chi connectivity index (χ2v) is 3.72. The highest BCUT2D eigenvalue weighted by atomic mass is 32.1. The maximum atomic E-state index is 4.10. The molecule has 0 aliphatic rings.